The summed E-state index contributed by atoms with van der Waals surface area (Å²) in [4.78, 5) is 12.3. The van der Waals surface area contributed by atoms with E-state index in [2.05, 4.69) is 33.9 Å². The third-order valence-corrected chi connectivity index (χ3v) is 8.68. The minimum absolute atomic E-state index is 0.00349. The lowest BCUT2D eigenvalue weighted by Gasteiger charge is -2.38. The molecule has 5 heteroatoms. The van der Waals surface area contributed by atoms with Gasteiger partial charge in [-0.15, -0.1) is 0 Å². The second-order valence-corrected chi connectivity index (χ2v) is 11.7. The van der Waals surface area contributed by atoms with Crippen molar-refractivity contribution in [3.05, 3.63) is 29.8 Å². The molecule has 0 aromatic heterocycles. The molecule has 124 valence electrons. The number of carbonyl (C=O) groups excluding carboxylic acids is 1. The summed E-state index contributed by atoms with van der Waals surface area (Å²) in [6.07, 6.45) is -0.369. The fourth-order valence-electron chi connectivity index (χ4n) is 1.82. The van der Waals surface area contributed by atoms with Crippen LogP contribution in [0.2, 0.25) is 18.1 Å². The number of aromatic hydroxyl groups is 1. The summed E-state index contributed by atoms with van der Waals surface area (Å²) >= 11 is 0. The summed E-state index contributed by atoms with van der Waals surface area (Å²) in [5.74, 6) is -0.189. The van der Waals surface area contributed by atoms with E-state index in [4.69, 9.17) is 9.16 Å². The fraction of sp³-hybridized carbons (Fsp3) is 0.588. The van der Waals surface area contributed by atoms with Crippen molar-refractivity contribution in [1.82, 2.24) is 0 Å². The molecule has 0 bridgehead atoms. The van der Waals surface area contributed by atoms with Gasteiger partial charge in [-0.3, -0.25) is 0 Å². The highest BCUT2D eigenvalue weighted by Gasteiger charge is 2.41. The van der Waals surface area contributed by atoms with Crippen LogP contribution in [0.3, 0.4) is 0 Å². The van der Waals surface area contributed by atoms with Crippen LogP contribution in [0.25, 0.3) is 0 Å². The van der Waals surface area contributed by atoms with Crippen LogP contribution >= 0.6 is 0 Å². The molecule has 1 aromatic carbocycles. The molecule has 0 unspecified atom stereocenters. The Balaban J connectivity index is 2.99. The van der Waals surface area contributed by atoms with Gasteiger partial charge in [-0.05, 0) is 36.7 Å². The summed E-state index contributed by atoms with van der Waals surface area (Å²) in [5, 5.41) is 9.93. The molecule has 1 N–H and O–H groups in total. The van der Waals surface area contributed by atoms with Gasteiger partial charge in [0.05, 0.1) is 6.61 Å². The van der Waals surface area contributed by atoms with Gasteiger partial charge in [0.2, 0.25) is 0 Å². The molecule has 0 radical (unpaired) electrons. The van der Waals surface area contributed by atoms with E-state index in [0.717, 1.165) is 0 Å². The first-order chi connectivity index (χ1) is 10.1. The molecule has 1 aromatic rings. The summed E-state index contributed by atoms with van der Waals surface area (Å²) in [6.45, 7) is 12.7. The molecule has 0 aliphatic heterocycles. The molecule has 0 saturated carbocycles. The molecule has 0 amide bonds. The second-order valence-electron chi connectivity index (χ2n) is 6.95. The maximum absolute atomic E-state index is 12.3. The van der Waals surface area contributed by atoms with E-state index in [1.54, 1.807) is 25.1 Å². The van der Waals surface area contributed by atoms with E-state index in [9.17, 15) is 9.90 Å². The first kappa shape index (κ1) is 18.7. The number of rotatable bonds is 6. The number of hydrogen-bond acceptors (Lipinski definition) is 4. The van der Waals surface area contributed by atoms with Crippen molar-refractivity contribution < 1.29 is 19.1 Å². The summed E-state index contributed by atoms with van der Waals surface area (Å²) in [7, 11) is -2.11. The molecule has 1 rings (SSSR count). The van der Waals surface area contributed by atoms with Gasteiger partial charge in [0.15, 0.2) is 8.32 Å². The largest absolute Gasteiger partial charge is 0.508 e. The van der Waals surface area contributed by atoms with Crippen LogP contribution in [0.1, 0.15) is 33.3 Å². The maximum atomic E-state index is 12.3. The van der Waals surface area contributed by atoms with Gasteiger partial charge < -0.3 is 14.3 Å². The van der Waals surface area contributed by atoms with Gasteiger partial charge in [-0.25, -0.2) is 4.79 Å². The van der Waals surface area contributed by atoms with Crippen molar-refractivity contribution in [2.45, 2.75) is 58.4 Å². The smallest absolute Gasteiger partial charge is 0.334 e. The van der Waals surface area contributed by atoms with E-state index in [0.29, 0.717) is 18.6 Å². The van der Waals surface area contributed by atoms with Crippen LogP contribution in [0.5, 0.6) is 5.75 Å². The third kappa shape index (κ3) is 4.85. The van der Waals surface area contributed by atoms with Gasteiger partial charge >= 0.3 is 5.97 Å². The number of carbonyl (C=O) groups is 1. The Labute approximate surface area is 134 Å². The molecule has 0 aliphatic carbocycles. The van der Waals surface area contributed by atoms with Crippen LogP contribution in [-0.2, 0) is 20.4 Å². The number of ether oxygens (including phenoxy) is 1. The van der Waals surface area contributed by atoms with E-state index in [1.165, 1.54) is 0 Å². The third-order valence-electron chi connectivity index (χ3n) is 4.19. The lowest BCUT2D eigenvalue weighted by Crippen LogP contribution is -2.47. The van der Waals surface area contributed by atoms with Gasteiger partial charge in [0, 0.05) is 6.42 Å². The summed E-state index contributed by atoms with van der Waals surface area (Å²) in [6, 6.07) is 7.01. The van der Waals surface area contributed by atoms with E-state index >= 15 is 0 Å². The van der Waals surface area contributed by atoms with Crippen molar-refractivity contribution in [2.75, 3.05) is 6.61 Å². The predicted molar refractivity (Wildman–Crippen MR) is 90.5 cm³/mol. The number of para-hydroxylation sites is 1. The molecule has 0 aliphatic rings. The van der Waals surface area contributed by atoms with Crippen molar-refractivity contribution in [2.24, 2.45) is 0 Å². The SMILES string of the molecule is CCOC(=O)[C@H](Cc1ccccc1O)O[Si](C)(C)C(C)(C)C. The topological polar surface area (TPSA) is 55.8 Å². The lowest BCUT2D eigenvalue weighted by atomic mass is 10.1. The zero-order valence-electron chi connectivity index (χ0n) is 14.5. The number of phenols is 1. The molecular weight excluding hydrogens is 296 g/mol. The zero-order valence-corrected chi connectivity index (χ0v) is 15.5. The highest BCUT2D eigenvalue weighted by molar-refractivity contribution is 6.74. The predicted octanol–water partition coefficient (Wildman–Crippen LogP) is 3.89. The van der Waals surface area contributed by atoms with Crippen molar-refractivity contribution >= 4 is 14.3 Å². The Morgan fingerprint density at radius 3 is 2.36 bits per heavy atom. The first-order valence-electron chi connectivity index (χ1n) is 7.70. The van der Waals surface area contributed by atoms with Crippen LogP contribution in [-0.4, -0.2) is 32.1 Å². The van der Waals surface area contributed by atoms with Gasteiger partial charge in [-0.1, -0.05) is 39.0 Å². The van der Waals surface area contributed by atoms with Crippen LogP contribution in [0.15, 0.2) is 24.3 Å². The molecule has 0 heterocycles. The minimum atomic E-state index is -2.11. The second kappa shape index (κ2) is 7.29. The Bertz CT molecular complexity index is 506. The average Bonchev–Trinajstić information content (AvgIpc) is 2.39. The Morgan fingerprint density at radius 1 is 1.27 bits per heavy atom. The zero-order chi connectivity index (χ0) is 17.0. The van der Waals surface area contributed by atoms with Crippen molar-refractivity contribution in [1.29, 1.82) is 0 Å². The van der Waals surface area contributed by atoms with E-state index in [-0.39, 0.29) is 16.8 Å². The summed E-state index contributed by atoms with van der Waals surface area (Å²) < 4.78 is 11.4. The highest BCUT2D eigenvalue weighted by atomic mass is 28.4. The van der Waals surface area contributed by atoms with Gasteiger partial charge in [-0.2, -0.15) is 0 Å². The first-order valence-corrected chi connectivity index (χ1v) is 10.6. The van der Waals surface area contributed by atoms with Crippen LogP contribution < -0.4 is 0 Å². The molecule has 0 spiro atoms. The molecular formula is C17H28O4Si. The highest BCUT2D eigenvalue weighted by Crippen LogP contribution is 2.38. The normalized spacial score (nSPS) is 13.7. The number of phenolic OH excluding ortho intramolecular Hbond substituents is 1. The van der Waals surface area contributed by atoms with Gasteiger partial charge in [0.25, 0.3) is 0 Å². The standard InChI is InChI=1S/C17H28O4Si/c1-7-20-16(19)15(21-22(5,6)17(2,3)4)12-13-10-8-9-11-14(13)18/h8-11,15,18H,7,12H2,1-6H3/t15-/m0/s1. The molecule has 0 fully saturated rings. The maximum Gasteiger partial charge on any atom is 0.334 e. The number of benzene rings is 1. The van der Waals surface area contributed by atoms with Crippen LogP contribution in [0.4, 0.5) is 0 Å². The lowest BCUT2D eigenvalue weighted by molar-refractivity contribution is -0.152. The van der Waals surface area contributed by atoms with Crippen LogP contribution in [0, 0.1) is 0 Å². The molecule has 1 atom stereocenters. The minimum Gasteiger partial charge on any atom is -0.508 e. The van der Waals surface area contributed by atoms with E-state index in [1.807, 2.05) is 6.07 Å². The summed E-state index contributed by atoms with van der Waals surface area (Å²) in [5.41, 5.74) is 0.694. The van der Waals surface area contributed by atoms with Gasteiger partial charge in [0.1, 0.15) is 11.9 Å². The fourth-order valence-corrected chi connectivity index (χ4v) is 3.07. The molecule has 0 saturated heterocycles. The van der Waals surface area contributed by atoms with E-state index < -0.39 is 14.4 Å². The average molecular weight is 324 g/mol. The molecule has 22 heavy (non-hydrogen) atoms. The quantitative estimate of drug-likeness (QED) is 0.637. The number of hydrogen-bond donors (Lipinski definition) is 1. The number of esters is 1. The Kier molecular flexibility index (Phi) is 6.20. The van der Waals surface area contributed by atoms with Crippen molar-refractivity contribution in [3.8, 4) is 5.75 Å². The van der Waals surface area contributed by atoms with Crippen molar-refractivity contribution in [3.63, 3.8) is 0 Å². The Morgan fingerprint density at radius 2 is 1.86 bits per heavy atom. The molecule has 4 nitrogen and oxygen atoms in total. The Hall–Kier alpha value is -1.33. The monoisotopic (exact) mass is 324 g/mol.